The topological polar surface area (TPSA) is 9.23 Å². The summed E-state index contributed by atoms with van der Waals surface area (Å²) in [5.74, 6) is 1.16. The zero-order valence-electron chi connectivity index (χ0n) is 15.5. The minimum atomic E-state index is 0.100. The summed E-state index contributed by atoms with van der Waals surface area (Å²) in [6, 6.07) is 18.6. The average Bonchev–Trinajstić information content (AvgIpc) is 2.62. The quantitative estimate of drug-likeness (QED) is 0.668. The predicted octanol–water partition coefficient (Wildman–Crippen LogP) is 6.03. The number of benzene rings is 2. The van der Waals surface area contributed by atoms with Crippen LogP contribution in [0.4, 0.5) is 0 Å². The fourth-order valence-electron chi connectivity index (χ4n) is 3.84. The lowest BCUT2D eigenvalue weighted by atomic mass is 9.69. The Kier molecular flexibility index (Phi) is 5.10. The van der Waals surface area contributed by atoms with Gasteiger partial charge in [0.25, 0.3) is 0 Å². The van der Waals surface area contributed by atoms with E-state index in [1.54, 1.807) is 0 Å². The van der Waals surface area contributed by atoms with Gasteiger partial charge in [0, 0.05) is 18.6 Å². The van der Waals surface area contributed by atoms with Gasteiger partial charge in [0.1, 0.15) is 0 Å². The fourth-order valence-corrected chi connectivity index (χ4v) is 3.84. The van der Waals surface area contributed by atoms with Crippen LogP contribution in [-0.4, -0.2) is 13.2 Å². The molecule has 1 fully saturated rings. The molecule has 1 nitrogen and oxygen atoms in total. The molecule has 0 N–H and O–H groups in total. The van der Waals surface area contributed by atoms with Crippen molar-refractivity contribution in [3.63, 3.8) is 0 Å². The van der Waals surface area contributed by atoms with Gasteiger partial charge in [0.2, 0.25) is 0 Å². The van der Waals surface area contributed by atoms with E-state index < -0.39 is 0 Å². The second kappa shape index (κ2) is 7.11. The van der Waals surface area contributed by atoms with E-state index in [0.29, 0.717) is 11.8 Å². The third kappa shape index (κ3) is 3.28. The van der Waals surface area contributed by atoms with Gasteiger partial charge in [-0.25, -0.2) is 0 Å². The first-order chi connectivity index (χ1) is 11.5. The number of hydrogen-bond donors (Lipinski definition) is 0. The number of ether oxygens (including phenoxy) is 1. The molecule has 0 aromatic heterocycles. The molecule has 1 aliphatic heterocycles. The molecule has 1 heterocycles. The van der Waals surface area contributed by atoms with Crippen LogP contribution < -0.4 is 0 Å². The van der Waals surface area contributed by atoms with E-state index in [-0.39, 0.29) is 5.41 Å². The fraction of sp³-hybridized carbons (Fsp3) is 0.478. The summed E-state index contributed by atoms with van der Waals surface area (Å²) in [6.45, 7) is 10.7. The van der Waals surface area contributed by atoms with Crippen molar-refractivity contribution in [3.8, 4) is 0 Å². The molecule has 24 heavy (non-hydrogen) atoms. The van der Waals surface area contributed by atoms with E-state index in [1.165, 1.54) is 22.3 Å². The molecule has 1 saturated heterocycles. The molecule has 1 heteroatoms. The summed E-state index contributed by atoms with van der Waals surface area (Å²) in [7, 11) is 0. The molecule has 0 aliphatic carbocycles. The second-order valence-corrected chi connectivity index (χ2v) is 7.75. The lowest BCUT2D eigenvalue weighted by Gasteiger charge is -2.38. The molecule has 0 spiro atoms. The SMILES string of the molecule is CC(C)c1ccc(C2(c3ccc(C(C)C)cc3)CCOCC2)cc1. The highest BCUT2D eigenvalue weighted by Crippen LogP contribution is 2.41. The first-order valence-corrected chi connectivity index (χ1v) is 9.31. The first-order valence-electron chi connectivity index (χ1n) is 9.31. The third-order valence-corrected chi connectivity index (χ3v) is 5.61. The van der Waals surface area contributed by atoms with Crippen LogP contribution in [0.25, 0.3) is 0 Å². The molecule has 2 aromatic rings. The van der Waals surface area contributed by atoms with Gasteiger partial charge >= 0.3 is 0 Å². The minimum Gasteiger partial charge on any atom is -0.381 e. The summed E-state index contributed by atoms with van der Waals surface area (Å²) < 4.78 is 5.69. The lowest BCUT2D eigenvalue weighted by Crippen LogP contribution is -2.35. The highest BCUT2D eigenvalue weighted by Gasteiger charge is 2.36. The van der Waals surface area contributed by atoms with Crippen molar-refractivity contribution >= 4 is 0 Å². The molecule has 0 atom stereocenters. The Hall–Kier alpha value is -1.60. The van der Waals surface area contributed by atoms with Crippen molar-refractivity contribution in [2.75, 3.05) is 13.2 Å². The molecular formula is C23H30O. The van der Waals surface area contributed by atoms with Gasteiger partial charge in [-0.1, -0.05) is 76.2 Å². The lowest BCUT2D eigenvalue weighted by molar-refractivity contribution is 0.0631. The molecule has 0 bridgehead atoms. The Morgan fingerprint density at radius 1 is 0.667 bits per heavy atom. The Morgan fingerprint density at radius 3 is 1.38 bits per heavy atom. The van der Waals surface area contributed by atoms with Gasteiger partial charge in [0.05, 0.1) is 0 Å². The van der Waals surface area contributed by atoms with Crippen LogP contribution in [0, 0.1) is 0 Å². The maximum atomic E-state index is 5.69. The number of hydrogen-bond acceptors (Lipinski definition) is 1. The molecule has 3 rings (SSSR count). The van der Waals surface area contributed by atoms with Crippen LogP contribution in [0.5, 0.6) is 0 Å². The largest absolute Gasteiger partial charge is 0.381 e. The van der Waals surface area contributed by atoms with Crippen LogP contribution in [0.15, 0.2) is 48.5 Å². The van der Waals surface area contributed by atoms with E-state index >= 15 is 0 Å². The van der Waals surface area contributed by atoms with Crippen molar-refractivity contribution in [2.45, 2.75) is 57.8 Å². The van der Waals surface area contributed by atoms with Gasteiger partial charge < -0.3 is 4.74 Å². The summed E-state index contributed by atoms with van der Waals surface area (Å²) in [6.07, 6.45) is 2.13. The monoisotopic (exact) mass is 322 g/mol. The zero-order chi connectivity index (χ0) is 17.2. The van der Waals surface area contributed by atoms with Gasteiger partial charge in [-0.3, -0.25) is 0 Å². The Labute approximate surface area is 147 Å². The van der Waals surface area contributed by atoms with Crippen LogP contribution in [-0.2, 0) is 10.2 Å². The highest BCUT2D eigenvalue weighted by molar-refractivity contribution is 5.42. The first kappa shape index (κ1) is 17.2. The molecule has 2 aromatic carbocycles. The van der Waals surface area contributed by atoms with E-state index in [2.05, 4.69) is 76.2 Å². The summed E-state index contributed by atoms with van der Waals surface area (Å²) in [5.41, 5.74) is 5.80. The molecule has 0 radical (unpaired) electrons. The van der Waals surface area contributed by atoms with Crippen molar-refractivity contribution in [2.24, 2.45) is 0 Å². The van der Waals surface area contributed by atoms with Crippen molar-refractivity contribution < 1.29 is 4.74 Å². The van der Waals surface area contributed by atoms with Crippen molar-refractivity contribution in [1.29, 1.82) is 0 Å². The van der Waals surface area contributed by atoms with Gasteiger partial charge in [-0.05, 0) is 46.9 Å². The Morgan fingerprint density at radius 2 is 1.04 bits per heavy atom. The summed E-state index contributed by atoms with van der Waals surface area (Å²) >= 11 is 0. The molecule has 1 aliphatic rings. The van der Waals surface area contributed by atoms with E-state index in [0.717, 1.165) is 26.1 Å². The van der Waals surface area contributed by atoms with Gasteiger partial charge in [0.15, 0.2) is 0 Å². The molecular weight excluding hydrogens is 292 g/mol. The van der Waals surface area contributed by atoms with Crippen LogP contribution in [0.2, 0.25) is 0 Å². The molecule has 0 amide bonds. The maximum absolute atomic E-state index is 5.69. The van der Waals surface area contributed by atoms with E-state index in [1.807, 2.05) is 0 Å². The third-order valence-electron chi connectivity index (χ3n) is 5.61. The van der Waals surface area contributed by atoms with Crippen LogP contribution in [0.3, 0.4) is 0 Å². The standard InChI is InChI=1S/C23H30O/c1-17(2)19-5-9-21(10-6-19)23(13-15-24-16-14-23)22-11-7-20(8-12-22)18(3)4/h5-12,17-18H,13-16H2,1-4H3. The Bertz CT molecular complexity index is 590. The predicted molar refractivity (Wildman–Crippen MR) is 102 cm³/mol. The van der Waals surface area contributed by atoms with Gasteiger partial charge in [-0.15, -0.1) is 0 Å². The van der Waals surface area contributed by atoms with Crippen molar-refractivity contribution in [1.82, 2.24) is 0 Å². The Balaban J connectivity index is 2.01. The normalized spacial score (nSPS) is 17.4. The summed E-state index contributed by atoms with van der Waals surface area (Å²) in [4.78, 5) is 0. The molecule has 0 saturated carbocycles. The maximum Gasteiger partial charge on any atom is 0.0477 e. The number of rotatable bonds is 4. The van der Waals surface area contributed by atoms with Crippen molar-refractivity contribution in [3.05, 3.63) is 70.8 Å². The zero-order valence-corrected chi connectivity index (χ0v) is 15.5. The van der Waals surface area contributed by atoms with E-state index in [9.17, 15) is 0 Å². The molecule has 128 valence electrons. The smallest absolute Gasteiger partial charge is 0.0477 e. The second-order valence-electron chi connectivity index (χ2n) is 7.75. The van der Waals surface area contributed by atoms with E-state index in [4.69, 9.17) is 4.74 Å². The minimum absolute atomic E-state index is 0.100. The summed E-state index contributed by atoms with van der Waals surface area (Å²) in [5, 5.41) is 0. The highest BCUT2D eigenvalue weighted by atomic mass is 16.5. The van der Waals surface area contributed by atoms with Crippen LogP contribution >= 0.6 is 0 Å². The van der Waals surface area contributed by atoms with Gasteiger partial charge in [-0.2, -0.15) is 0 Å². The van der Waals surface area contributed by atoms with Crippen LogP contribution in [0.1, 0.15) is 74.6 Å². The molecule has 0 unspecified atom stereocenters. The average molecular weight is 322 g/mol.